The van der Waals surface area contributed by atoms with Crippen molar-refractivity contribution >= 4 is 21.8 Å². The fourth-order valence-corrected chi connectivity index (χ4v) is 1.82. The van der Waals surface area contributed by atoms with Gasteiger partial charge in [0.1, 0.15) is 11.6 Å². The molecular weight excluding hydrogens is 277 g/mol. The van der Waals surface area contributed by atoms with E-state index in [-0.39, 0.29) is 17.4 Å². The molecule has 0 fully saturated rings. The van der Waals surface area contributed by atoms with E-state index in [0.717, 1.165) is 18.6 Å². The molecule has 0 radical (unpaired) electrons. The van der Waals surface area contributed by atoms with Crippen molar-refractivity contribution in [1.82, 2.24) is 5.32 Å². The molecule has 16 heavy (non-hydrogen) atoms. The van der Waals surface area contributed by atoms with E-state index in [0.29, 0.717) is 5.33 Å². The van der Waals surface area contributed by atoms with E-state index in [9.17, 15) is 14.3 Å². The first-order valence-corrected chi connectivity index (χ1v) is 6.06. The van der Waals surface area contributed by atoms with Crippen molar-refractivity contribution in [2.24, 2.45) is 0 Å². The molecule has 1 unspecified atom stereocenters. The Morgan fingerprint density at radius 3 is 2.88 bits per heavy atom. The molecule has 0 aliphatic carbocycles. The first kappa shape index (κ1) is 13.0. The molecule has 1 atom stereocenters. The van der Waals surface area contributed by atoms with Gasteiger partial charge in [0.2, 0.25) is 0 Å². The zero-order chi connectivity index (χ0) is 12.1. The van der Waals surface area contributed by atoms with Crippen LogP contribution in [-0.4, -0.2) is 22.4 Å². The van der Waals surface area contributed by atoms with Crippen LogP contribution < -0.4 is 5.32 Å². The van der Waals surface area contributed by atoms with Crippen LogP contribution in [0.4, 0.5) is 4.39 Å². The van der Waals surface area contributed by atoms with Crippen LogP contribution in [-0.2, 0) is 0 Å². The lowest BCUT2D eigenvalue weighted by Crippen LogP contribution is -2.35. The third kappa shape index (κ3) is 3.20. The number of halogens is 2. The summed E-state index contributed by atoms with van der Waals surface area (Å²) in [6.07, 6.45) is 0.757. The van der Waals surface area contributed by atoms with E-state index in [1.807, 2.05) is 6.92 Å². The summed E-state index contributed by atoms with van der Waals surface area (Å²) in [6, 6.07) is 3.26. The van der Waals surface area contributed by atoms with Gasteiger partial charge >= 0.3 is 0 Å². The van der Waals surface area contributed by atoms with E-state index in [4.69, 9.17) is 0 Å². The predicted molar refractivity (Wildman–Crippen MR) is 63.4 cm³/mol. The Bertz CT molecular complexity index is 380. The number of phenolic OH excluding ortho intramolecular Hbond substituents is 1. The van der Waals surface area contributed by atoms with E-state index < -0.39 is 11.7 Å². The van der Waals surface area contributed by atoms with Gasteiger partial charge in [-0.25, -0.2) is 4.39 Å². The number of carbonyl (C=O) groups is 1. The zero-order valence-electron chi connectivity index (χ0n) is 8.84. The number of rotatable bonds is 4. The summed E-state index contributed by atoms with van der Waals surface area (Å²) in [4.78, 5) is 11.7. The summed E-state index contributed by atoms with van der Waals surface area (Å²) in [7, 11) is 0. The van der Waals surface area contributed by atoms with Crippen LogP contribution in [0, 0.1) is 5.82 Å². The molecular formula is C11H13BrFNO2. The highest BCUT2D eigenvalue weighted by atomic mass is 79.9. The van der Waals surface area contributed by atoms with Crippen LogP contribution in [0.2, 0.25) is 0 Å². The Morgan fingerprint density at radius 1 is 1.62 bits per heavy atom. The Balaban J connectivity index is 2.83. The third-order valence-corrected chi connectivity index (χ3v) is 3.00. The van der Waals surface area contributed by atoms with Crippen molar-refractivity contribution in [3.63, 3.8) is 0 Å². The maximum atomic E-state index is 12.9. The normalized spacial score (nSPS) is 12.2. The second-order valence-corrected chi connectivity index (χ2v) is 4.04. The highest BCUT2D eigenvalue weighted by Crippen LogP contribution is 2.17. The van der Waals surface area contributed by atoms with E-state index in [1.54, 1.807) is 0 Å². The molecule has 1 aromatic rings. The molecule has 1 rings (SSSR count). The molecule has 1 aromatic carbocycles. The lowest BCUT2D eigenvalue weighted by Gasteiger charge is -2.14. The summed E-state index contributed by atoms with van der Waals surface area (Å²) >= 11 is 3.26. The lowest BCUT2D eigenvalue weighted by atomic mass is 10.1. The second-order valence-electron chi connectivity index (χ2n) is 3.39. The van der Waals surface area contributed by atoms with Crippen LogP contribution in [0.3, 0.4) is 0 Å². The fraction of sp³-hybridized carbons (Fsp3) is 0.364. The molecule has 0 bridgehead atoms. The first-order valence-electron chi connectivity index (χ1n) is 4.93. The summed E-state index contributed by atoms with van der Waals surface area (Å²) in [5.74, 6) is -1.23. The van der Waals surface area contributed by atoms with Crippen molar-refractivity contribution < 1.29 is 14.3 Å². The van der Waals surface area contributed by atoms with Gasteiger partial charge in [-0.05, 0) is 24.6 Å². The van der Waals surface area contributed by atoms with Crippen molar-refractivity contribution in [2.45, 2.75) is 19.4 Å². The maximum absolute atomic E-state index is 12.9. The Hall–Kier alpha value is -1.10. The van der Waals surface area contributed by atoms with Gasteiger partial charge < -0.3 is 10.4 Å². The number of aromatic hydroxyl groups is 1. The molecule has 88 valence electrons. The van der Waals surface area contributed by atoms with Crippen LogP contribution in [0.5, 0.6) is 5.75 Å². The minimum Gasteiger partial charge on any atom is -0.507 e. The van der Waals surface area contributed by atoms with E-state index in [1.165, 1.54) is 6.07 Å². The molecule has 1 amide bonds. The Morgan fingerprint density at radius 2 is 2.31 bits per heavy atom. The van der Waals surface area contributed by atoms with Crippen LogP contribution in [0.25, 0.3) is 0 Å². The van der Waals surface area contributed by atoms with Gasteiger partial charge in [0.05, 0.1) is 5.56 Å². The molecule has 0 aromatic heterocycles. The molecule has 3 nitrogen and oxygen atoms in total. The number of benzene rings is 1. The fourth-order valence-electron chi connectivity index (χ4n) is 1.20. The Labute approximate surface area is 102 Å². The van der Waals surface area contributed by atoms with Crippen LogP contribution in [0.15, 0.2) is 18.2 Å². The number of amides is 1. The van der Waals surface area contributed by atoms with Gasteiger partial charge in [0.15, 0.2) is 0 Å². The van der Waals surface area contributed by atoms with Crippen molar-refractivity contribution in [3.05, 3.63) is 29.6 Å². The van der Waals surface area contributed by atoms with E-state index in [2.05, 4.69) is 21.2 Å². The first-order chi connectivity index (χ1) is 7.58. The Kier molecular flexibility index (Phi) is 4.73. The van der Waals surface area contributed by atoms with Gasteiger partial charge in [-0.15, -0.1) is 0 Å². The van der Waals surface area contributed by atoms with Crippen molar-refractivity contribution in [3.8, 4) is 5.75 Å². The van der Waals surface area contributed by atoms with Gasteiger partial charge in [0, 0.05) is 11.4 Å². The number of hydrogen-bond acceptors (Lipinski definition) is 2. The maximum Gasteiger partial charge on any atom is 0.255 e. The number of hydrogen-bond donors (Lipinski definition) is 2. The molecule has 0 aliphatic rings. The summed E-state index contributed by atoms with van der Waals surface area (Å²) in [5.41, 5.74) is -0.0422. The number of carbonyl (C=O) groups excluding carboxylic acids is 1. The molecule has 0 heterocycles. The second kappa shape index (κ2) is 5.84. The zero-order valence-corrected chi connectivity index (χ0v) is 10.4. The highest BCUT2D eigenvalue weighted by molar-refractivity contribution is 9.09. The molecule has 2 N–H and O–H groups in total. The smallest absolute Gasteiger partial charge is 0.255 e. The number of alkyl halides is 1. The monoisotopic (exact) mass is 289 g/mol. The average Bonchev–Trinajstić information content (AvgIpc) is 2.28. The molecule has 0 aliphatic heterocycles. The number of nitrogens with one attached hydrogen (secondary N) is 1. The van der Waals surface area contributed by atoms with Crippen molar-refractivity contribution in [1.29, 1.82) is 0 Å². The summed E-state index contributed by atoms with van der Waals surface area (Å²) in [5, 5.41) is 12.7. The quantitative estimate of drug-likeness (QED) is 0.837. The average molecular weight is 290 g/mol. The van der Waals surface area contributed by atoms with Gasteiger partial charge in [-0.2, -0.15) is 0 Å². The van der Waals surface area contributed by atoms with Gasteiger partial charge in [-0.1, -0.05) is 22.9 Å². The number of phenols is 1. The minimum atomic E-state index is -0.546. The summed E-state index contributed by atoms with van der Waals surface area (Å²) < 4.78 is 12.9. The van der Waals surface area contributed by atoms with Crippen LogP contribution in [0.1, 0.15) is 23.7 Å². The third-order valence-electron chi connectivity index (χ3n) is 2.22. The standard InChI is InChI=1S/C11H13BrFNO2/c1-2-8(6-12)14-11(16)9-5-7(13)3-4-10(9)15/h3-5,8,15H,2,6H2,1H3,(H,14,16). The molecule has 5 heteroatoms. The van der Waals surface area contributed by atoms with Crippen molar-refractivity contribution in [2.75, 3.05) is 5.33 Å². The van der Waals surface area contributed by atoms with Gasteiger partial charge in [0.25, 0.3) is 5.91 Å². The molecule has 0 saturated carbocycles. The summed E-state index contributed by atoms with van der Waals surface area (Å²) in [6.45, 7) is 1.93. The topological polar surface area (TPSA) is 49.3 Å². The molecule has 0 spiro atoms. The lowest BCUT2D eigenvalue weighted by molar-refractivity contribution is 0.0937. The SMILES string of the molecule is CCC(CBr)NC(=O)c1cc(F)ccc1O. The predicted octanol–water partition coefficient (Wildman–Crippen LogP) is 2.43. The van der Waals surface area contributed by atoms with Gasteiger partial charge in [-0.3, -0.25) is 4.79 Å². The molecule has 0 saturated heterocycles. The largest absolute Gasteiger partial charge is 0.507 e. The van der Waals surface area contributed by atoms with E-state index >= 15 is 0 Å². The minimum absolute atomic E-state index is 0.0323. The highest BCUT2D eigenvalue weighted by Gasteiger charge is 2.15. The van der Waals surface area contributed by atoms with Crippen LogP contribution >= 0.6 is 15.9 Å².